The van der Waals surface area contributed by atoms with Gasteiger partial charge < -0.3 is 0 Å². The maximum Gasteiger partial charge on any atom is 0.254 e. The molecular formula is C10H2Br22O3S. The van der Waals surface area contributed by atoms with Gasteiger partial charge in [-0.15, -0.1) is 0 Å². The number of hydrogen-bond donors (Lipinski definition) is 2. The fraction of sp³-hybridized carbons (Fsp3) is 1.00. The van der Waals surface area contributed by atoms with E-state index in [1.54, 1.807) is 0 Å². The summed E-state index contributed by atoms with van der Waals surface area (Å²) in [5, 5.41) is 0. The Morgan fingerprint density at radius 1 is 0.306 bits per heavy atom. The molecule has 0 saturated carbocycles. The lowest BCUT2D eigenvalue weighted by Gasteiger charge is -2.59. The number of alkyl halides is 22. The van der Waals surface area contributed by atoms with Gasteiger partial charge >= 0.3 is 0 Å². The van der Waals surface area contributed by atoms with Crippen molar-refractivity contribution in [1.82, 2.24) is 0 Å². The van der Waals surface area contributed by atoms with E-state index in [4.69, 9.17) is 13.0 Å². The van der Waals surface area contributed by atoms with Gasteiger partial charge in [-0.2, -0.15) is 0 Å². The molecule has 1 N–H and O–H groups in total. The first-order chi connectivity index (χ1) is 15.0. The van der Waals surface area contributed by atoms with Crippen molar-refractivity contribution in [1.29, 1.82) is 0 Å². The van der Waals surface area contributed by atoms with Gasteiger partial charge in [0.1, 0.15) is 25.9 Å². The molecule has 0 radical (unpaired) electrons. The average molecular weight is 1960 g/mol. The Balaban J connectivity index is 0. The van der Waals surface area contributed by atoms with Gasteiger partial charge in [0.15, 0.2) is 4.29 Å². The van der Waals surface area contributed by atoms with Gasteiger partial charge in [-0.05, 0) is 0 Å². The van der Waals surface area contributed by atoms with E-state index in [2.05, 4.69) is 350 Å². The molecule has 0 aromatic rings. The summed E-state index contributed by atoms with van der Waals surface area (Å²) < 4.78 is 14.5. The van der Waals surface area contributed by atoms with E-state index in [0.717, 1.165) is 0 Å². The van der Waals surface area contributed by atoms with Crippen LogP contribution in [0.4, 0.5) is 0 Å². The van der Waals surface area contributed by atoms with Crippen molar-refractivity contribution in [3.63, 3.8) is 0 Å². The number of thiol groups is 1. The maximum absolute atomic E-state index is 8.59. The van der Waals surface area contributed by atoms with Gasteiger partial charge in [0.2, 0.25) is 0 Å². The van der Waals surface area contributed by atoms with Crippen LogP contribution >= 0.6 is 350 Å². The minimum atomic E-state index is -3.12. The molecule has 26 heteroatoms. The molecule has 0 atom stereocenters. The predicted molar refractivity (Wildman–Crippen MR) is 237 cm³/mol. The van der Waals surface area contributed by atoms with Gasteiger partial charge in [-0.3, -0.25) is 4.55 Å². The smallest absolute Gasteiger partial charge is 0.254 e. The van der Waals surface area contributed by atoms with Gasteiger partial charge in [-0.25, -0.2) is 8.42 Å². The van der Waals surface area contributed by atoms with Crippen LogP contribution in [0.1, 0.15) is 0 Å². The van der Waals surface area contributed by atoms with Crippen LogP contribution < -0.4 is 0 Å². The van der Waals surface area contributed by atoms with Crippen LogP contribution in [0.5, 0.6) is 0 Å². The van der Waals surface area contributed by atoms with Gasteiger partial charge in [0, 0.05) is 0 Å². The Hall–Kier alpha value is 10.5. The van der Waals surface area contributed by atoms with Crippen LogP contribution in [-0.2, 0) is 11.0 Å². The number of rotatable bonds is 7. The summed E-state index contributed by atoms with van der Waals surface area (Å²) >= 11 is 82.7. The van der Waals surface area contributed by atoms with Crippen molar-refractivity contribution in [3.05, 3.63) is 0 Å². The third-order valence-electron chi connectivity index (χ3n) is 3.47. The van der Waals surface area contributed by atoms with Crippen molar-refractivity contribution in [2.75, 3.05) is 0 Å². The highest BCUT2D eigenvalue weighted by Crippen LogP contribution is 2.80. The molecule has 0 spiro atoms. The molecule has 0 aliphatic heterocycles. The summed E-state index contributed by atoms with van der Waals surface area (Å²) in [4.78, 5) is 0. The Bertz CT molecular complexity index is 779. The van der Waals surface area contributed by atoms with Crippen molar-refractivity contribution in [2.24, 2.45) is 0 Å². The van der Waals surface area contributed by atoms with E-state index in [9.17, 15) is 0 Å². The fourth-order valence-corrected chi connectivity index (χ4v) is 21.2. The number of hydrogen-bond acceptors (Lipinski definition) is 2. The first-order valence-corrected chi connectivity index (χ1v) is 25.5. The van der Waals surface area contributed by atoms with Crippen LogP contribution in [0.25, 0.3) is 0 Å². The molecule has 3 nitrogen and oxygen atoms in total. The minimum absolute atomic E-state index is 0.811. The maximum atomic E-state index is 8.59. The number of halogens is 22. The molecule has 0 aromatic carbocycles. The van der Waals surface area contributed by atoms with Crippen molar-refractivity contribution >= 4 is 361 Å². The Kier molecular flexibility index (Phi) is 22.5. The molecule has 0 heterocycles. The molecule has 36 heavy (non-hydrogen) atoms. The molecule has 0 fully saturated rings. The zero-order valence-corrected chi connectivity index (χ0v) is 50.8. The lowest BCUT2D eigenvalue weighted by Crippen LogP contribution is -2.70. The lowest BCUT2D eigenvalue weighted by atomic mass is 10.1. The largest absolute Gasteiger partial charge is 0.288 e. The summed E-state index contributed by atoms with van der Waals surface area (Å²) in [6.07, 6.45) is 0. The zero-order valence-electron chi connectivity index (χ0n) is 15.0. The molecular weight excluding hydrogens is 1960 g/mol. The van der Waals surface area contributed by atoms with E-state index < -0.39 is 41.1 Å². The normalized spacial score (nSPS) is 16.1. The van der Waals surface area contributed by atoms with Gasteiger partial charge in [0.05, 0.1) is 0 Å². The standard InChI is InChI=1S/C10Br22.H2O3S/c11-1(12,3(15,16)5(19,20)7(23,24)9(27,28)29)2(13,14)4(17,18)6(21,22)8(25,26)10(30,31)32;1-4(2)3/h;4H,(H,1,2,3). The van der Waals surface area contributed by atoms with Gasteiger partial charge in [0.25, 0.3) is 11.0 Å². The van der Waals surface area contributed by atoms with E-state index in [0.29, 0.717) is 0 Å². The van der Waals surface area contributed by atoms with Crippen LogP contribution in [0, 0.1) is 0 Å². The SMILES string of the molecule is BrC(Br)(Br)C(Br)(Br)C(Br)(Br)C(Br)(Br)C(Br)(Br)C(Br)(Br)C(Br)(Br)C(Br)(Br)C(Br)(Br)C(Br)(Br)Br.O=[SH](=O)O. The first kappa shape index (κ1) is 48.6. The Morgan fingerprint density at radius 2 is 0.389 bits per heavy atom. The highest BCUT2D eigenvalue weighted by atomic mass is 80.0. The minimum Gasteiger partial charge on any atom is -0.288 e. The van der Waals surface area contributed by atoms with Crippen molar-refractivity contribution in [3.8, 4) is 0 Å². The molecule has 0 saturated heterocycles. The van der Waals surface area contributed by atoms with Crippen molar-refractivity contribution < 1.29 is 13.0 Å². The third kappa shape index (κ3) is 10.0. The van der Waals surface area contributed by atoms with Crippen LogP contribution in [0.15, 0.2) is 0 Å². The highest BCUT2D eigenvalue weighted by molar-refractivity contribution is 9.43. The van der Waals surface area contributed by atoms with Gasteiger partial charge in [-0.1, -0.05) is 350 Å². The molecule has 0 aliphatic carbocycles. The molecule has 0 unspecified atom stereocenters. The zero-order chi connectivity index (χ0) is 30.6. The summed E-state index contributed by atoms with van der Waals surface area (Å²) in [5.41, 5.74) is 0. The second-order valence-electron chi connectivity index (χ2n) is 5.83. The summed E-state index contributed by atoms with van der Waals surface area (Å²) in [7, 11) is -3.12. The molecule has 0 rings (SSSR count). The van der Waals surface area contributed by atoms with Crippen LogP contribution in [0.3, 0.4) is 0 Å². The summed E-state index contributed by atoms with van der Waals surface area (Å²) in [6.45, 7) is 0. The van der Waals surface area contributed by atoms with E-state index in [1.165, 1.54) is 0 Å². The van der Waals surface area contributed by atoms with E-state index >= 15 is 0 Å². The third-order valence-corrected chi connectivity index (χ3v) is 47.4. The summed E-state index contributed by atoms with van der Waals surface area (Å²) in [6, 6.07) is 0. The van der Waals surface area contributed by atoms with E-state index in [1.807, 2.05) is 0 Å². The molecule has 0 aliphatic rings. The van der Waals surface area contributed by atoms with E-state index in [-0.39, 0.29) is 0 Å². The Labute approximate surface area is 395 Å². The Morgan fingerprint density at radius 3 is 0.472 bits per heavy atom. The predicted octanol–water partition coefficient (Wildman–Crippen LogP) is 15.6. The molecule has 220 valence electrons. The fourth-order valence-electron chi connectivity index (χ4n) is 1.54. The highest BCUT2D eigenvalue weighted by Gasteiger charge is 2.79. The monoisotopic (exact) mass is 1940 g/mol. The lowest BCUT2D eigenvalue weighted by molar-refractivity contribution is 0.509. The first-order valence-electron chi connectivity index (χ1n) is 6.97. The van der Waals surface area contributed by atoms with Crippen LogP contribution in [0.2, 0.25) is 0 Å². The molecule has 0 aromatic heterocycles. The molecule has 0 amide bonds. The molecule has 0 bridgehead atoms. The topological polar surface area (TPSA) is 54.4 Å². The average Bonchev–Trinajstić information content (AvgIpc) is 2.57. The second kappa shape index (κ2) is 16.7. The van der Waals surface area contributed by atoms with Crippen molar-refractivity contribution in [2.45, 2.75) is 30.2 Å². The van der Waals surface area contributed by atoms with Crippen LogP contribution in [-0.4, -0.2) is 43.1 Å². The second-order valence-corrected chi connectivity index (χ2v) is 47.4. The quantitative estimate of drug-likeness (QED) is 0.152. The summed E-state index contributed by atoms with van der Waals surface area (Å²) in [5.74, 6) is 0.